The van der Waals surface area contributed by atoms with Gasteiger partial charge in [-0.25, -0.2) is 14.6 Å². The topological polar surface area (TPSA) is 238 Å². The lowest BCUT2D eigenvalue weighted by Gasteiger charge is -2.51. The van der Waals surface area contributed by atoms with Gasteiger partial charge in [0.25, 0.3) is 11.8 Å². The Balaban J connectivity index is 1.32. The van der Waals surface area contributed by atoms with Crippen molar-refractivity contribution in [2.75, 3.05) is 5.73 Å². The Hall–Kier alpha value is -4.90. The van der Waals surface area contributed by atoms with Gasteiger partial charge >= 0.3 is 11.9 Å². The van der Waals surface area contributed by atoms with Crippen LogP contribution in [0.2, 0.25) is 0 Å². The fourth-order valence-electron chi connectivity index (χ4n) is 5.74. The molecule has 15 nitrogen and oxygen atoms in total. The van der Waals surface area contributed by atoms with Gasteiger partial charge in [0.1, 0.15) is 22.8 Å². The van der Waals surface area contributed by atoms with Crippen LogP contribution in [-0.4, -0.2) is 87.0 Å². The van der Waals surface area contributed by atoms with Crippen LogP contribution in [0.25, 0.3) is 16.3 Å². The number of carbonyl (C=O) groups excluding carboxylic acids is 2. The molecule has 234 valence electrons. The number of carboxylic acid groups (broad SMARTS) is 2. The second-order valence-corrected chi connectivity index (χ2v) is 13.1. The van der Waals surface area contributed by atoms with Gasteiger partial charge in [0, 0.05) is 40.6 Å². The number of amides is 2. The molecule has 1 aromatic carbocycles. The number of anilines is 1. The van der Waals surface area contributed by atoms with Crippen molar-refractivity contribution in [1.82, 2.24) is 20.2 Å². The largest absolute Gasteiger partial charge is 0.504 e. The average Bonchev–Trinajstić information content (AvgIpc) is 3.66. The van der Waals surface area contributed by atoms with Crippen molar-refractivity contribution < 1.29 is 44.4 Å². The number of aromatic hydroxyl groups is 2. The molecule has 1 saturated heterocycles. The minimum absolute atomic E-state index is 0.0200. The minimum atomic E-state index is -1.60. The number of nitrogen functional groups attached to an aromatic ring is 1. The van der Waals surface area contributed by atoms with Crippen LogP contribution in [0.1, 0.15) is 44.0 Å². The maximum atomic E-state index is 13.5. The van der Waals surface area contributed by atoms with Crippen molar-refractivity contribution in [3.8, 4) is 11.5 Å². The zero-order valence-electron chi connectivity index (χ0n) is 23.5. The van der Waals surface area contributed by atoms with Crippen LogP contribution in [0.3, 0.4) is 0 Å². The molecule has 3 atom stereocenters. The van der Waals surface area contributed by atoms with E-state index in [2.05, 4.69) is 20.4 Å². The third-order valence-electron chi connectivity index (χ3n) is 7.99. The van der Waals surface area contributed by atoms with Crippen LogP contribution in [0, 0.1) is 0 Å². The number of phenols is 2. The fraction of sp³-hybridized carbons (Fsp3) is 0.321. The Kier molecular flexibility index (Phi) is 7.52. The summed E-state index contributed by atoms with van der Waals surface area (Å²) in [7, 11) is 0. The van der Waals surface area contributed by atoms with E-state index in [4.69, 9.17) is 10.6 Å². The molecule has 1 aliphatic carbocycles. The molecule has 4 heterocycles. The van der Waals surface area contributed by atoms with E-state index < -0.39 is 51.8 Å². The molecule has 0 spiro atoms. The lowest BCUT2D eigenvalue weighted by atomic mass is 9.95. The van der Waals surface area contributed by atoms with Crippen LogP contribution < -0.4 is 11.1 Å². The van der Waals surface area contributed by atoms with Crippen molar-refractivity contribution in [1.29, 1.82) is 0 Å². The highest BCUT2D eigenvalue weighted by molar-refractivity contribution is 8.01. The summed E-state index contributed by atoms with van der Waals surface area (Å²) in [5.41, 5.74) is 3.90. The number of nitrogens with one attached hydrogen (secondary N) is 1. The normalized spacial score (nSPS) is 22.6. The third-order valence-corrected chi connectivity index (χ3v) is 10.1. The molecule has 17 heteroatoms. The number of benzene rings is 1. The fourth-order valence-corrected chi connectivity index (χ4v) is 7.74. The Morgan fingerprint density at radius 3 is 2.53 bits per heavy atom. The van der Waals surface area contributed by atoms with Crippen LogP contribution in [0.5, 0.6) is 11.5 Å². The van der Waals surface area contributed by atoms with Gasteiger partial charge in [0.2, 0.25) is 5.60 Å². The highest BCUT2D eigenvalue weighted by Gasteiger charge is 2.56. The molecular weight excluding hydrogens is 628 g/mol. The quantitative estimate of drug-likeness (QED) is 0.0884. The van der Waals surface area contributed by atoms with Gasteiger partial charge in [-0.15, -0.1) is 23.1 Å². The van der Waals surface area contributed by atoms with Crippen molar-refractivity contribution in [3.63, 3.8) is 0 Å². The average molecular weight is 655 g/mol. The predicted octanol–water partition coefficient (Wildman–Crippen LogP) is 2.09. The molecule has 2 amide bonds. The van der Waals surface area contributed by atoms with Crippen LogP contribution in [0.4, 0.5) is 5.13 Å². The maximum absolute atomic E-state index is 13.5. The number of aromatic nitrogens is 2. The van der Waals surface area contributed by atoms with E-state index in [9.17, 15) is 39.6 Å². The van der Waals surface area contributed by atoms with E-state index in [1.165, 1.54) is 35.5 Å². The van der Waals surface area contributed by atoms with Crippen molar-refractivity contribution in [2.24, 2.45) is 5.16 Å². The number of fused-ring (bicyclic) bond motifs is 2. The monoisotopic (exact) mass is 654 g/mol. The van der Waals surface area contributed by atoms with Crippen LogP contribution in [-0.2, 0) is 24.0 Å². The molecule has 2 aromatic heterocycles. The summed E-state index contributed by atoms with van der Waals surface area (Å²) in [5, 5.41) is 47.7. The molecule has 3 aromatic rings. The number of aliphatic carboxylic acids is 2. The zero-order valence-corrected chi connectivity index (χ0v) is 25.1. The van der Waals surface area contributed by atoms with E-state index in [-0.39, 0.29) is 52.1 Å². The third kappa shape index (κ3) is 5.06. The Morgan fingerprint density at radius 2 is 1.89 bits per heavy atom. The zero-order chi connectivity index (χ0) is 32.2. The van der Waals surface area contributed by atoms with Crippen molar-refractivity contribution in [3.05, 3.63) is 46.9 Å². The summed E-state index contributed by atoms with van der Waals surface area (Å²) >= 11 is 2.24. The van der Waals surface area contributed by atoms with E-state index in [0.717, 1.165) is 16.2 Å². The minimum Gasteiger partial charge on any atom is -0.504 e. The Morgan fingerprint density at radius 1 is 1.18 bits per heavy atom. The van der Waals surface area contributed by atoms with Gasteiger partial charge < -0.3 is 36.3 Å². The number of thioether (sulfide) groups is 1. The number of nitrogens with zero attached hydrogens (tertiary/aromatic N) is 4. The number of β-lactam (4-membered cyclic amide) rings is 1. The van der Waals surface area contributed by atoms with Crippen LogP contribution >= 0.6 is 23.1 Å². The molecule has 0 bridgehead atoms. The number of nitrogens with two attached hydrogens (primary N) is 1. The number of hydrogen-bond donors (Lipinski definition) is 6. The molecule has 3 aliphatic rings. The maximum Gasteiger partial charge on any atom is 0.353 e. The lowest BCUT2D eigenvalue weighted by Crippen LogP contribution is -2.71. The summed E-state index contributed by atoms with van der Waals surface area (Å²) < 4.78 is 0. The first-order valence-corrected chi connectivity index (χ1v) is 15.5. The first-order valence-electron chi connectivity index (χ1n) is 13.7. The summed E-state index contributed by atoms with van der Waals surface area (Å²) in [6.07, 6.45) is 3.04. The number of rotatable bonds is 8. The van der Waals surface area contributed by atoms with Gasteiger partial charge in [-0.3, -0.25) is 19.5 Å². The highest BCUT2D eigenvalue weighted by atomic mass is 32.2. The standard InChI is InChI=1S/C28H26N6O9S2/c1-11-17(18-13-9-16(36)15(35)8-12(13)4-7-30-18)21(25(39)40)34-23(38)20(24(34)45-11)32-22(37)19(14-10-44-27(29)31-14)33-43-28(26(41)42)5-2-3-6-28/h4,7-11,20,24,35-36H,2-3,5-6H2,1H3,(H2,29,31)(H,32,37)(H,39,40)(H,41,42)/b33-19-/t11?,20?,24-/m1/s1. The summed E-state index contributed by atoms with van der Waals surface area (Å²) in [6.45, 7) is 1.73. The SMILES string of the molecule is CC1S[C@@H]2C(NC(=O)/C(=N\OC3(C(=O)O)CCCC3)c3csc(N)n3)C(=O)N2C(C(=O)O)=C1c1nccc2cc(O)c(O)cc12. The number of carboxylic acids is 2. The van der Waals surface area contributed by atoms with Gasteiger partial charge in [-0.2, -0.15) is 0 Å². The molecule has 2 fully saturated rings. The smallest absolute Gasteiger partial charge is 0.353 e. The summed E-state index contributed by atoms with van der Waals surface area (Å²) in [6, 6.07) is 3.03. The number of pyridine rings is 1. The highest BCUT2D eigenvalue weighted by Crippen LogP contribution is 2.48. The molecule has 7 N–H and O–H groups in total. The van der Waals surface area contributed by atoms with Crippen molar-refractivity contribution in [2.45, 2.75) is 54.9 Å². The molecule has 1 saturated carbocycles. The second-order valence-electron chi connectivity index (χ2n) is 10.7. The number of oxime groups is 1. The van der Waals surface area contributed by atoms with Gasteiger partial charge in [-0.05, 0) is 43.4 Å². The molecular formula is C28H26N6O9S2. The van der Waals surface area contributed by atoms with E-state index in [1.54, 1.807) is 13.0 Å². The second kappa shape index (κ2) is 11.2. The number of carbonyl (C=O) groups is 4. The first kappa shape index (κ1) is 30.1. The number of phenolic OH excluding ortho intramolecular Hbond substituents is 2. The summed E-state index contributed by atoms with van der Waals surface area (Å²) in [4.78, 5) is 66.6. The van der Waals surface area contributed by atoms with Crippen molar-refractivity contribution >= 4 is 74.0 Å². The molecule has 0 radical (unpaired) electrons. The van der Waals surface area contributed by atoms with E-state index in [0.29, 0.717) is 23.6 Å². The van der Waals surface area contributed by atoms with Gasteiger partial charge in [-0.1, -0.05) is 5.16 Å². The van der Waals surface area contributed by atoms with E-state index >= 15 is 0 Å². The van der Waals surface area contributed by atoms with Gasteiger partial charge in [0.05, 0.1) is 5.69 Å². The number of hydrogen-bond acceptors (Lipinski definition) is 13. The van der Waals surface area contributed by atoms with E-state index in [1.807, 2.05) is 0 Å². The molecule has 2 aliphatic heterocycles. The van der Waals surface area contributed by atoms with Gasteiger partial charge in [0.15, 0.2) is 22.3 Å². The molecule has 6 rings (SSSR count). The molecule has 45 heavy (non-hydrogen) atoms. The first-order chi connectivity index (χ1) is 21.4. The molecule has 2 unspecified atom stereocenters. The Labute approximate surface area is 262 Å². The predicted molar refractivity (Wildman–Crippen MR) is 162 cm³/mol. The lowest BCUT2D eigenvalue weighted by molar-refractivity contribution is -0.165. The Bertz CT molecular complexity index is 1830. The summed E-state index contributed by atoms with van der Waals surface area (Å²) in [5.74, 6) is -4.98. The van der Waals surface area contributed by atoms with Crippen LogP contribution in [0.15, 0.2) is 40.6 Å². The number of thiazole rings is 1.